The molecule has 0 aliphatic rings. The first kappa shape index (κ1) is 22.5. The van der Waals surface area contributed by atoms with Crippen molar-refractivity contribution in [3.05, 3.63) is 24.5 Å². The van der Waals surface area contributed by atoms with Crippen molar-refractivity contribution in [3.63, 3.8) is 0 Å². The summed E-state index contributed by atoms with van der Waals surface area (Å²) in [7, 11) is 3.70. The maximum atomic E-state index is 11.8. The zero-order valence-electron chi connectivity index (χ0n) is 16.2. The Morgan fingerprint density at radius 1 is 1.19 bits per heavy atom. The lowest BCUT2D eigenvalue weighted by molar-refractivity contribution is -0.123. The van der Waals surface area contributed by atoms with Crippen LogP contribution in [0.3, 0.4) is 0 Å². The van der Waals surface area contributed by atoms with Gasteiger partial charge in [-0.3, -0.25) is 9.78 Å². The Labute approximate surface area is 159 Å². The number of pyridine rings is 1. The molecule has 9 heteroatoms. The van der Waals surface area contributed by atoms with Crippen molar-refractivity contribution in [1.82, 2.24) is 20.3 Å². The Morgan fingerprint density at radius 3 is 2.50 bits per heavy atom. The number of likely N-dealkylation sites (N-methyl/N-ethyl adjacent to an activating group) is 2. The third-order valence-electron chi connectivity index (χ3n) is 3.86. The summed E-state index contributed by atoms with van der Waals surface area (Å²) in [6.07, 6.45) is 5.36. The predicted molar refractivity (Wildman–Crippen MR) is 105 cm³/mol. The van der Waals surface area contributed by atoms with Crippen LogP contribution in [0.15, 0.2) is 24.5 Å². The van der Waals surface area contributed by atoms with E-state index in [1.165, 1.54) is 17.0 Å². The van der Waals surface area contributed by atoms with Crippen LogP contribution in [-0.2, 0) is 20.2 Å². The lowest BCUT2D eigenvalue weighted by atomic mass is 10.3. The molecule has 1 rings (SSSR count). The lowest BCUT2D eigenvalue weighted by Crippen LogP contribution is -2.38. The van der Waals surface area contributed by atoms with Crippen molar-refractivity contribution < 1.29 is 13.3 Å². The fraction of sp³-hybridized carbons (Fsp3) is 0.647. The molecule has 0 aliphatic heterocycles. The molecule has 1 unspecified atom stereocenters. The number of carbonyl (C=O) groups excluding carboxylic acids is 1. The predicted octanol–water partition coefficient (Wildman–Crippen LogP) is 0.503. The SMILES string of the molecule is CCN(CCN(C)CCNC(=O)CCN(C)OS(C)=O)c1ccncc1. The van der Waals surface area contributed by atoms with E-state index < -0.39 is 11.1 Å². The van der Waals surface area contributed by atoms with Crippen molar-refractivity contribution in [3.8, 4) is 0 Å². The van der Waals surface area contributed by atoms with Crippen molar-refractivity contribution in [2.75, 3.05) is 64.5 Å². The summed E-state index contributed by atoms with van der Waals surface area (Å²) in [6.45, 7) is 6.68. The van der Waals surface area contributed by atoms with E-state index in [-0.39, 0.29) is 5.91 Å². The molecule has 0 saturated heterocycles. The maximum Gasteiger partial charge on any atom is 0.221 e. The molecule has 0 aromatic carbocycles. The number of nitrogens with one attached hydrogen (secondary N) is 1. The topological polar surface area (TPSA) is 78.0 Å². The van der Waals surface area contributed by atoms with Crippen LogP contribution in [0.4, 0.5) is 5.69 Å². The zero-order chi connectivity index (χ0) is 19.4. The van der Waals surface area contributed by atoms with Crippen molar-refractivity contribution in [2.45, 2.75) is 13.3 Å². The van der Waals surface area contributed by atoms with Gasteiger partial charge >= 0.3 is 0 Å². The summed E-state index contributed by atoms with van der Waals surface area (Å²) < 4.78 is 15.9. The van der Waals surface area contributed by atoms with Crippen molar-refractivity contribution >= 4 is 22.7 Å². The average Bonchev–Trinajstić information content (AvgIpc) is 2.61. The minimum Gasteiger partial charge on any atom is -0.370 e. The number of hydrogen-bond donors (Lipinski definition) is 1. The molecule has 0 spiro atoms. The fourth-order valence-electron chi connectivity index (χ4n) is 2.38. The number of hydrogen-bond acceptors (Lipinski definition) is 7. The molecule has 0 bridgehead atoms. The van der Waals surface area contributed by atoms with Crippen LogP contribution in [-0.4, -0.2) is 84.7 Å². The first-order valence-corrected chi connectivity index (χ1v) is 10.2. The van der Waals surface area contributed by atoms with Gasteiger partial charge in [0.25, 0.3) is 0 Å². The van der Waals surface area contributed by atoms with E-state index in [2.05, 4.69) is 27.0 Å². The molecule has 0 aliphatic carbocycles. The van der Waals surface area contributed by atoms with Gasteiger partial charge in [0.2, 0.25) is 5.91 Å². The number of rotatable bonds is 13. The van der Waals surface area contributed by atoms with Crippen molar-refractivity contribution in [1.29, 1.82) is 0 Å². The molecule has 0 radical (unpaired) electrons. The van der Waals surface area contributed by atoms with Gasteiger partial charge in [-0.1, -0.05) is 0 Å². The van der Waals surface area contributed by atoms with E-state index >= 15 is 0 Å². The first-order valence-electron chi connectivity index (χ1n) is 8.75. The molecule has 1 N–H and O–H groups in total. The summed E-state index contributed by atoms with van der Waals surface area (Å²) in [5, 5.41) is 4.31. The van der Waals surface area contributed by atoms with Gasteiger partial charge in [-0.25, -0.2) is 4.21 Å². The van der Waals surface area contributed by atoms with Crippen LogP contribution in [0.1, 0.15) is 13.3 Å². The van der Waals surface area contributed by atoms with Gasteiger partial charge in [0.05, 0.1) is 0 Å². The Morgan fingerprint density at radius 2 is 1.88 bits per heavy atom. The van der Waals surface area contributed by atoms with Crippen molar-refractivity contribution in [2.24, 2.45) is 0 Å². The second-order valence-corrected chi connectivity index (χ2v) is 6.97. The molecule has 1 atom stereocenters. The molecule has 26 heavy (non-hydrogen) atoms. The lowest BCUT2D eigenvalue weighted by Gasteiger charge is -2.26. The highest BCUT2D eigenvalue weighted by atomic mass is 32.2. The van der Waals surface area contributed by atoms with Gasteiger partial charge in [-0.2, -0.15) is 9.35 Å². The fourth-order valence-corrected chi connectivity index (χ4v) is 2.81. The monoisotopic (exact) mass is 385 g/mol. The normalized spacial score (nSPS) is 12.4. The highest BCUT2D eigenvalue weighted by Crippen LogP contribution is 2.11. The average molecular weight is 386 g/mol. The summed E-state index contributed by atoms with van der Waals surface area (Å²) in [5.74, 6) is -0.0392. The number of carbonyl (C=O) groups is 1. The molecular weight excluding hydrogens is 354 g/mol. The van der Waals surface area contributed by atoms with E-state index in [1.54, 1.807) is 19.4 Å². The van der Waals surface area contributed by atoms with Gasteiger partial charge in [0.1, 0.15) is 0 Å². The van der Waals surface area contributed by atoms with Crippen LogP contribution >= 0.6 is 0 Å². The molecule has 0 saturated carbocycles. The second kappa shape index (κ2) is 12.7. The Hall–Kier alpha value is -1.55. The minimum absolute atomic E-state index is 0.0392. The standard InChI is InChI=1S/C17H31N5O3S/c1-5-22(16-6-9-18-10-7-16)15-14-20(2)13-11-19-17(23)8-12-21(3)25-26(4)24/h6-7,9-10H,5,8,11-15H2,1-4H3,(H,19,23). The Kier molecular flexibility index (Phi) is 11.0. The van der Waals surface area contributed by atoms with Gasteiger partial charge < -0.3 is 15.1 Å². The Bertz CT molecular complexity index is 546. The van der Waals surface area contributed by atoms with E-state index in [9.17, 15) is 9.00 Å². The molecule has 1 aromatic rings. The number of aromatic nitrogens is 1. The number of hydroxylamine groups is 2. The second-order valence-electron chi connectivity index (χ2n) is 6.02. The highest BCUT2D eigenvalue weighted by Gasteiger charge is 2.08. The van der Waals surface area contributed by atoms with Gasteiger partial charge in [-0.05, 0) is 26.1 Å². The van der Waals surface area contributed by atoms with Gasteiger partial charge in [0.15, 0.2) is 11.1 Å². The smallest absolute Gasteiger partial charge is 0.221 e. The van der Waals surface area contributed by atoms with E-state index in [0.717, 1.165) is 26.2 Å². The third-order valence-corrected chi connectivity index (χ3v) is 4.33. The van der Waals surface area contributed by atoms with Gasteiger partial charge in [-0.15, -0.1) is 0 Å². The summed E-state index contributed by atoms with van der Waals surface area (Å²) >= 11 is -1.36. The number of nitrogens with zero attached hydrogens (tertiary/aromatic N) is 4. The van der Waals surface area contributed by atoms with Gasteiger partial charge in [0, 0.05) is 77.1 Å². The third kappa shape index (κ3) is 9.81. The molecule has 1 aromatic heterocycles. The first-order chi connectivity index (χ1) is 12.4. The van der Waals surface area contributed by atoms with Crippen LogP contribution in [0, 0.1) is 0 Å². The summed E-state index contributed by atoms with van der Waals surface area (Å²) in [4.78, 5) is 20.4. The molecular formula is C17H31N5O3S. The largest absolute Gasteiger partial charge is 0.370 e. The van der Waals surface area contributed by atoms with Crippen LogP contribution in [0.25, 0.3) is 0 Å². The van der Waals surface area contributed by atoms with Crippen LogP contribution in [0.2, 0.25) is 0 Å². The molecule has 1 heterocycles. The van der Waals surface area contributed by atoms with E-state index in [0.29, 0.717) is 19.5 Å². The molecule has 148 valence electrons. The molecule has 8 nitrogen and oxygen atoms in total. The van der Waals surface area contributed by atoms with E-state index in [1.807, 2.05) is 19.2 Å². The molecule has 1 amide bonds. The summed E-state index contributed by atoms with van der Waals surface area (Å²) in [6, 6.07) is 4.02. The minimum atomic E-state index is -1.36. The number of anilines is 1. The quantitative estimate of drug-likeness (QED) is 0.496. The number of amides is 1. The maximum absolute atomic E-state index is 11.8. The highest BCUT2D eigenvalue weighted by molar-refractivity contribution is 7.79. The Balaban J connectivity index is 2.18. The van der Waals surface area contributed by atoms with Crippen LogP contribution in [0.5, 0.6) is 0 Å². The summed E-state index contributed by atoms with van der Waals surface area (Å²) in [5.41, 5.74) is 1.17. The van der Waals surface area contributed by atoms with Crippen LogP contribution < -0.4 is 10.2 Å². The molecule has 0 fully saturated rings. The van der Waals surface area contributed by atoms with E-state index in [4.69, 9.17) is 4.28 Å². The zero-order valence-corrected chi connectivity index (χ0v) is 17.0.